The Morgan fingerprint density at radius 2 is 1.89 bits per heavy atom. The monoisotopic (exact) mass is 421 g/mol. The lowest BCUT2D eigenvalue weighted by molar-refractivity contribution is -0.129. The molecule has 1 N–H and O–H groups in total. The van der Waals surface area contributed by atoms with Gasteiger partial charge < -0.3 is 10.0 Å². The van der Waals surface area contributed by atoms with Gasteiger partial charge in [0.05, 0.1) is 17.1 Å². The smallest absolute Gasteiger partial charge is 0.337 e. The van der Waals surface area contributed by atoms with Crippen LogP contribution in [0.15, 0.2) is 17.0 Å². The van der Waals surface area contributed by atoms with Gasteiger partial charge in [0.2, 0.25) is 15.9 Å². The zero-order valence-electron chi connectivity index (χ0n) is 15.0. The lowest BCUT2D eigenvalue weighted by atomic mass is 10.2. The van der Waals surface area contributed by atoms with Gasteiger partial charge in [-0.25, -0.2) is 17.6 Å². The quantitative estimate of drug-likeness (QED) is 0.760. The summed E-state index contributed by atoms with van der Waals surface area (Å²) < 4.78 is 41.0. The molecule has 1 aromatic rings. The van der Waals surface area contributed by atoms with Crippen LogP contribution in [0.1, 0.15) is 16.8 Å². The molecule has 150 valence electrons. The molecule has 1 aliphatic heterocycles. The highest BCUT2D eigenvalue weighted by Gasteiger charge is 2.31. The zero-order chi connectivity index (χ0) is 20.4. The van der Waals surface area contributed by atoms with Gasteiger partial charge in [-0.15, -0.1) is 0 Å². The van der Waals surface area contributed by atoms with Crippen molar-refractivity contribution in [2.75, 3.05) is 46.8 Å². The van der Waals surface area contributed by atoms with Crippen LogP contribution < -0.4 is 0 Å². The second-order valence-corrected chi connectivity index (χ2v) is 8.70. The lowest BCUT2D eigenvalue weighted by Crippen LogP contribution is -2.39. The molecule has 0 unspecified atom stereocenters. The maximum Gasteiger partial charge on any atom is 0.337 e. The second-order valence-electron chi connectivity index (χ2n) is 6.39. The van der Waals surface area contributed by atoms with Gasteiger partial charge >= 0.3 is 5.97 Å². The average molecular weight is 422 g/mol. The van der Waals surface area contributed by atoms with Crippen molar-refractivity contribution in [3.63, 3.8) is 0 Å². The summed E-state index contributed by atoms with van der Waals surface area (Å²) in [7, 11) is -0.964. The molecule has 1 saturated heterocycles. The molecule has 1 aliphatic rings. The van der Waals surface area contributed by atoms with Crippen LogP contribution in [0.2, 0.25) is 5.02 Å². The molecule has 1 amide bonds. The van der Waals surface area contributed by atoms with Gasteiger partial charge in [-0.2, -0.15) is 4.31 Å². The first-order chi connectivity index (χ1) is 12.5. The second kappa shape index (κ2) is 8.51. The Morgan fingerprint density at radius 1 is 1.22 bits per heavy atom. The first kappa shape index (κ1) is 21.5. The van der Waals surface area contributed by atoms with Crippen molar-refractivity contribution >= 4 is 33.5 Å². The number of sulfonamides is 1. The van der Waals surface area contributed by atoms with Crippen molar-refractivity contribution in [3.8, 4) is 0 Å². The topological polar surface area (TPSA) is 98.2 Å². The Hall–Kier alpha value is -1.75. The van der Waals surface area contributed by atoms with E-state index in [1.807, 2.05) is 4.90 Å². The number of carboxylic acid groups (broad SMARTS) is 1. The van der Waals surface area contributed by atoms with Gasteiger partial charge in [-0.05, 0) is 25.1 Å². The first-order valence-corrected chi connectivity index (χ1v) is 10.0. The van der Waals surface area contributed by atoms with Crippen molar-refractivity contribution < 1.29 is 27.5 Å². The number of benzene rings is 1. The fourth-order valence-electron chi connectivity index (χ4n) is 2.71. The highest BCUT2D eigenvalue weighted by Crippen LogP contribution is 2.27. The molecule has 1 aromatic carbocycles. The van der Waals surface area contributed by atoms with Crippen LogP contribution in [0, 0.1) is 5.82 Å². The third kappa shape index (κ3) is 4.95. The Labute approximate surface area is 162 Å². The number of carbonyl (C=O) groups excluding carboxylic acids is 1. The third-order valence-electron chi connectivity index (χ3n) is 4.27. The molecule has 0 atom stereocenters. The predicted octanol–water partition coefficient (Wildman–Crippen LogP) is 0.962. The molecule has 27 heavy (non-hydrogen) atoms. The standard InChI is InChI=1S/C16H21ClFN3O5S/c1-19(2)15(22)10-20-4-3-5-21(7-6-20)27(25,26)14-8-11(16(23)24)12(17)9-13(14)18/h8-9H,3-7,10H2,1-2H3,(H,23,24). The summed E-state index contributed by atoms with van der Waals surface area (Å²) in [5.41, 5.74) is -0.482. The molecule has 0 bridgehead atoms. The minimum absolute atomic E-state index is 0.0630. The summed E-state index contributed by atoms with van der Waals surface area (Å²) in [6.45, 7) is 1.20. The van der Waals surface area contributed by atoms with E-state index >= 15 is 0 Å². The minimum atomic E-state index is -4.24. The number of aromatic carboxylic acids is 1. The highest BCUT2D eigenvalue weighted by molar-refractivity contribution is 7.89. The van der Waals surface area contributed by atoms with Gasteiger partial charge in [0, 0.05) is 33.7 Å². The van der Waals surface area contributed by atoms with Crippen LogP contribution in [0.25, 0.3) is 0 Å². The number of hydrogen-bond acceptors (Lipinski definition) is 5. The van der Waals surface area contributed by atoms with Crippen molar-refractivity contribution in [2.45, 2.75) is 11.3 Å². The summed E-state index contributed by atoms with van der Waals surface area (Å²) in [5.74, 6) is -2.64. The summed E-state index contributed by atoms with van der Waals surface area (Å²) >= 11 is 5.68. The van der Waals surface area contributed by atoms with Crippen LogP contribution in [0.4, 0.5) is 4.39 Å². The summed E-state index contributed by atoms with van der Waals surface area (Å²) in [5, 5.41) is 8.74. The first-order valence-electron chi connectivity index (χ1n) is 8.19. The SMILES string of the molecule is CN(C)C(=O)CN1CCCN(S(=O)(=O)c2cc(C(=O)O)c(Cl)cc2F)CC1. The van der Waals surface area contributed by atoms with Crippen LogP contribution in [0.5, 0.6) is 0 Å². The molecule has 1 fully saturated rings. The Morgan fingerprint density at radius 3 is 2.48 bits per heavy atom. The Bertz CT molecular complexity index is 847. The molecule has 11 heteroatoms. The average Bonchev–Trinajstić information content (AvgIpc) is 2.80. The van der Waals surface area contributed by atoms with E-state index in [4.69, 9.17) is 16.7 Å². The fraction of sp³-hybridized carbons (Fsp3) is 0.500. The van der Waals surface area contributed by atoms with Crippen molar-refractivity contribution in [3.05, 3.63) is 28.5 Å². The molecule has 0 radical (unpaired) electrons. The molecule has 0 aromatic heterocycles. The predicted molar refractivity (Wildman–Crippen MR) is 96.9 cm³/mol. The summed E-state index contributed by atoms with van der Waals surface area (Å²) in [4.78, 5) is 25.6. The number of amides is 1. The number of likely N-dealkylation sites (N-methyl/N-ethyl adjacent to an activating group) is 1. The molecular weight excluding hydrogens is 401 g/mol. The molecule has 2 rings (SSSR count). The van der Waals surface area contributed by atoms with E-state index < -0.39 is 32.3 Å². The van der Waals surface area contributed by atoms with Crippen molar-refractivity contribution in [1.29, 1.82) is 0 Å². The zero-order valence-corrected chi connectivity index (χ0v) is 16.6. The largest absolute Gasteiger partial charge is 0.478 e. The summed E-state index contributed by atoms with van der Waals surface area (Å²) in [6, 6.07) is 1.44. The summed E-state index contributed by atoms with van der Waals surface area (Å²) in [6.07, 6.45) is 0.459. The Balaban J connectivity index is 2.24. The van der Waals surface area contributed by atoms with Crippen LogP contribution in [-0.4, -0.2) is 86.3 Å². The van der Waals surface area contributed by atoms with Crippen LogP contribution in [-0.2, 0) is 14.8 Å². The van der Waals surface area contributed by atoms with E-state index in [0.717, 1.165) is 10.4 Å². The van der Waals surface area contributed by atoms with Crippen molar-refractivity contribution in [2.24, 2.45) is 0 Å². The maximum atomic E-state index is 14.2. The molecule has 0 aliphatic carbocycles. The minimum Gasteiger partial charge on any atom is -0.478 e. The van der Waals surface area contributed by atoms with E-state index in [9.17, 15) is 22.4 Å². The van der Waals surface area contributed by atoms with E-state index in [-0.39, 0.29) is 30.6 Å². The Kier molecular flexibility index (Phi) is 6.79. The van der Waals surface area contributed by atoms with Gasteiger partial charge in [0.1, 0.15) is 10.7 Å². The molecule has 0 saturated carbocycles. The van der Waals surface area contributed by atoms with Crippen molar-refractivity contribution in [1.82, 2.24) is 14.1 Å². The molecular formula is C16H21ClFN3O5S. The number of halogens is 2. The molecule has 1 heterocycles. The number of hydrogen-bond donors (Lipinski definition) is 1. The van der Waals surface area contributed by atoms with Gasteiger partial charge in [-0.3, -0.25) is 9.69 Å². The van der Waals surface area contributed by atoms with Crippen LogP contribution in [0.3, 0.4) is 0 Å². The normalized spacial score (nSPS) is 16.7. The van der Waals surface area contributed by atoms with Gasteiger partial charge in [0.15, 0.2) is 0 Å². The number of carboxylic acids is 1. The number of rotatable bonds is 5. The van der Waals surface area contributed by atoms with E-state index in [1.54, 1.807) is 14.1 Å². The molecule has 8 nitrogen and oxygen atoms in total. The van der Waals surface area contributed by atoms with Crippen LogP contribution >= 0.6 is 11.6 Å². The van der Waals surface area contributed by atoms with Gasteiger partial charge in [-0.1, -0.05) is 11.6 Å². The van der Waals surface area contributed by atoms with E-state index in [1.165, 1.54) is 4.90 Å². The number of carbonyl (C=O) groups is 2. The van der Waals surface area contributed by atoms with E-state index in [0.29, 0.717) is 25.6 Å². The molecule has 0 spiro atoms. The highest BCUT2D eigenvalue weighted by atomic mass is 35.5. The lowest BCUT2D eigenvalue weighted by Gasteiger charge is -2.22. The third-order valence-corrected chi connectivity index (χ3v) is 6.50. The fourth-order valence-corrected chi connectivity index (χ4v) is 4.48. The van der Waals surface area contributed by atoms with E-state index in [2.05, 4.69) is 0 Å². The van der Waals surface area contributed by atoms with Gasteiger partial charge in [0.25, 0.3) is 0 Å². The number of nitrogens with zero attached hydrogens (tertiary/aromatic N) is 3. The maximum absolute atomic E-state index is 14.2.